The van der Waals surface area contributed by atoms with Crippen LogP contribution in [0.1, 0.15) is 40.0 Å². The van der Waals surface area contributed by atoms with Gasteiger partial charge in [-0.25, -0.2) is 8.42 Å². The zero-order valence-electron chi connectivity index (χ0n) is 17.6. The van der Waals surface area contributed by atoms with Crippen LogP contribution < -0.4 is 10.0 Å². The summed E-state index contributed by atoms with van der Waals surface area (Å²) < 4.78 is 28.3. The molecular formula is C24H25N3O3S. The van der Waals surface area contributed by atoms with Gasteiger partial charge in [-0.1, -0.05) is 24.3 Å². The van der Waals surface area contributed by atoms with E-state index in [4.69, 9.17) is 0 Å². The maximum atomic E-state index is 12.9. The second-order valence-electron chi connectivity index (χ2n) is 8.13. The van der Waals surface area contributed by atoms with Crippen LogP contribution in [0.2, 0.25) is 0 Å². The van der Waals surface area contributed by atoms with Crippen LogP contribution in [-0.2, 0) is 15.4 Å². The van der Waals surface area contributed by atoms with Gasteiger partial charge in [0.15, 0.2) is 0 Å². The summed E-state index contributed by atoms with van der Waals surface area (Å²) in [5, 5.41) is 2.98. The Morgan fingerprint density at radius 2 is 1.84 bits per heavy atom. The minimum absolute atomic E-state index is 0.0984. The second kappa shape index (κ2) is 8.15. The SMILES string of the molecule is Cc1ccc(C)c(S(=O)(=O)Nc2cccc(C(=O)NCC3(c4ccccn4)CC3)c2)c1. The first-order valence-corrected chi connectivity index (χ1v) is 11.7. The Kier molecular flexibility index (Phi) is 5.54. The number of carbonyl (C=O) groups is 1. The summed E-state index contributed by atoms with van der Waals surface area (Å²) in [6.45, 7) is 4.11. The second-order valence-corrected chi connectivity index (χ2v) is 9.78. The molecular weight excluding hydrogens is 410 g/mol. The monoisotopic (exact) mass is 435 g/mol. The van der Waals surface area contributed by atoms with Gasteiger partial charge in [0.1, 0.15) is 0 Å². The number of nitrogens with one attached hydrogen (secondary N) is 2. The first-order chi connectivity index (χ1) is 14.8. The molecule has 1 aliphatic carbocycles. The molecule has 6 nitrogen and oxygen atoms in total. The van der Waals surface area contributed by atoms with Gasteiger partial charge in [-0.15, -0.1) is 0 Å². The van der Waals surface area contributed by atoms with Crippen molar-refractivity contribution in [1.29, 1.82) is 0 Å². The van der Waals surface area contributed by atoms with E-state index in [-0.39, 0.29) is 16.2 Å². The van der Waals surface area contributed by atoms with Gasteiger partial charge in [0.25, 0.3) is 15.9 Å². The van der Waals surface area contributed by atoms with E-state index in [0.29, 0.717) is 23.4 Å². The third kappa shape index (κ3) is 4.61. The zero-order valence-corrected chi connectivity index (χ0v) is 18.4. The zero-order chi connectivity index (χ0) is 22.1. The molecule has 1 aromatic heterocycles. The van der Waals surface area contributed by atoms with E-state index in [1.807, 2.05) is 31.2 Å². The van der Waals surface area contributed by atoms with Gasteiger partial charge >= 0.3 is 0 Å². The first-order valence-electron chi connectivity index (χ1n) is 10.2. The molecule has 0 radical (unpaired) electrons. The number of aryl methyl sites for hydroxylation is 2. The van der Waals surface area contributed by atoms with E-state index >= 15 is 0 Å². The van der Waals surface area contributed by atoms with E-state index in [1.54, 1.807) is 49.5 Å². The fraction of sp³-hybridized carbons (Fsp3) is 0.250. The van der Waals surface area contributed by atoms with Crippen molar-refractivity contribution in [3.05, 3.63) is 89.2 Å². The molecule has 160 valence electrons. The lowest BCUT2D eigenvalue weighted by atomic mass is 10.0. The largest absolute Gasteiger partial charge is 0.351 e. The first kappa shape index (κ1) is 21.1. The summed E-state index contributed by atoms with van der Waals surface area (Å²) in [4.78, 5) is 17.4. The highest BCUT2D eigenvalue weighted by atomic mass is 32.2. The van der Waals surface area contributed by atoms with E-state index < -0.39 is 10.0 Å². The van der Waals surface area contributed by atoms with E-state index in [1.165, 1.54) is 0 Å². The molecule has 0 spiro atoms. The molecule has 1 fully saturated rings. The summed E-state index contributed by atoms with van der Waals surface area (Å²) in [6.07, 6.45) is 3.74. The fourth-order valence-electron chi connectivity index (χ4n) is 3.63. The molecule has 0 saturated heterocycles. The van der Waals surface area contributed by atoms with Crippen LogP contribution in [0.25, 0.3) is 0 Å². The third-order valence-electron chi connectivity index (χ3n) is 5.66. The highest BCUT2D eigenvalue weighted by molar-refractivity contribution is 7.92. The van der Waals surface area contributed by atoms with Crippen LogP contribution in [0.4, 0.5) is 5.69 Å². The van der Waals surface area contributed by atoms with Crippen LogP contribution in [0.5, 0.6) is 0 Å². The van der Waals surface area contributed by atoms with Crippen molar-refractivity contribution in [2.75, 3.05) is 11.3 Å². The molecule has 4 rings (SSSR count). The summed E-state index contributed by atoms with van der Waals surface area (Å²) in [5.74, 6) is -0.241. The van der Waals surface area contributed by atoms with Crippen LogP contribution in [-0.4, -0.2) is 25.9 Å². The maximum Gasteiger partial charge on any atom is 0.262 e. The van der Waals surface area contributed by atoms with E-state index in [9.17, 15) is 13.2 Å². The Balaban J connectivity index is 1.47. The van der Waals surface area contributed by atoms with Crippen molar-refractivity contribution < 1.29 is 13.2 Å². The van der Waals surface area contributed by atoms with Gasteiger partial charge < -0.3 is 5.32 Å². The van der Waals surface area contributed by atoms with Crippen LogP contribution in [0.15, 0.2) is 71.8 Å². The van der Waals surface area contributed by atoms with E-state index in [0.717, 1.165) is 24.1 Å². The van der Waals surface area contributed by atoms with Crippen LogP contribution in [0, 0.1) is 13.8 Å². The summed E-state index contributed by atoms with van der Waals surface area (Å²) in [7, 11) is -3.76. The Morgan fingerprint density at radius 1 is 1.03 bits per heavy atom. The highest BCUT2D eigenvalue weighted by Crippen LogP contribution is 2.46. The molecule has 0 atom stereocenters. The number of hydrogen-bond donors (Lipinski definition) is 2. The Bertz CT molecular complexity index is 1220. The molecule has 2 N–H and O–H groups in total. The molecule has 2 aromatic carbocycles. The normalized spacial score (nSPS) is 14.6. The maximum absolute atomic E-state index is 12.9. The van der Waals surface area contributed by atoms with Gasteiger partial charge in [0.2, 0.25) is 0 Å². The molecule has 31 heavy (non-hydrogen) atoms. The van der Waals surface area contributed by atoms with Gasteiger partial charge in [-0.2, -0.15) is 0 Å². The predicted molar refractivity (Wildman–Crippen MR) is 121 cm³/mol. The average Bonchev–Trinajstić information content (AvgIpc) is 3.55. The van der Waals surface area contributed by atoms with Crippen molar-refractivity contribution in [2.45, 2.75) is 37.0 Å². The van der Waals surface area contributed by atoms with Gasteiger partial charge in [-0.3, -0.25) is 14.5 Å². The minimum atomic E-state index is -3.76. The number of carbonyl (C=O) groups excluding carboxylic acids is 1. The van der Waals surface area contributed by atoms with Crippen molar-refractivity contribution >= 4 is 21.6 Å². The number of pyridine rings is 1. The lowest BCUT2D eigenvalue weighted by molar-refractivity contribution is 0.0949. The molecule has 1 heterocycles. The van der Waals surface area contributed by atoms with Crippen molar-refractivity contribution in [2.24, 2.45) is 0 Å². The molecule has 0 aliphatic heterocycles. The van der Waals surface area contributed by atoms with Crippen molar-refractivity contribution in [1.82, 2.24) is 10.3 Å². The van der Waals surface area contributed by atoms with Crippen LogP contribution in [0.3, 0.4) is 0 Å². The number of anilines is 1. The number of sulfonamides is 1. The Labute approximate surface area is 182 Å². The van der Waals surface area contributed by atoms with E-state index in [2.05, 4.69) is 15.0 Å². The minimum Gasteiger partial charge on any atom is -0.351 e. The average molecular weight is 436 g/mol. The van der Waals surface area contributed by atoms with Gasteiger partial charge in [0, 0.05) is 35.1 Å². The molecule has 1 saturated carbocycles. The van der Waals surface area contributed by atoms with Crippen molar-refractivity contribution in [3.8, 4) is 0 Å². The number of nitrogens with zero attached hydrogens (tertiary/aromatic N) is 1. The van der Waals surface area contributed by atoms with Crippen molar-refractivity contribution in [3.63, 3.8) is 0 Å². The predicted octanol–water partition coefficient (Wildman–Crippen LogP) is 3.96. The molecule has 3 aromatic rings. The standard InChI is InChI=1S/C24H25N3O3S/c1-17-9-10-18(2)21(14-17)31(29,30)27-20-7-5-6-19(15-20)23(28)26-16-24(11-12-24)22-8-3-4-13-25-22/h3-10,13-15,27H,11-12,16H2,1-2H3,(H,26,28). The number of aromatic nitrogens is 1. The topological polar surface area (TPSA) is 88.2 Å². The van der Waals surface area contributed by atoms with Crippen LogP contribution >= 0.6 is 0 Å². The lowest BCUT2D eigenvalue weighted by Crippen LogP contribution is -2.32. The number of hydrogen-bond acceptors (Lipinski definition) is 4. The smallest absolute Gasteiger partial charge is 0.262 e. The Hall–Kier alpha value is -3.19. The number of benzene rings is 2. The Morgan fingerprint density at radius 3 is 2.55 bits per heavy atom. The third-order valence-corrected chi connectivity index (χ3v) is 7.18. The quantitative estimate of drug-likeness (QED) is 0.588. The number of amides is 1. The molecule has 0 bridgehead atoms. The van der Waals surface area contributed by atoms with Gasteiger partial charge in [-0.05, 0) is 74.2 Å². The summed E-state index contributed by atoms with van der Waals surface area (Å²) in [6, 6.07) is 17.6. The fourth-order valence-corrected chi connectivity index (χ4v) is 5.01. The summed E-state index contributed by atoms with van der Waals surface area (Å²) in [5.41, 5.74) is 3.17. The molecule has 1 aliphatic rings. The molecule has 7 heteroatoms. The number of rotatable bonds is 7. The molecule has 0 unspecified atom stereocenters. The van der Waals surface area contributed by atoms with Gasteiger partial charge in [0.05, 0.1) is 4.90 Å². The summed E-state index contributed by atoms with van der Waals surface area (Å²) >= 11 is 0. The molecule has 1 amide bonds. The lowest BCUT2D eigenvalue weighted by Gasteiger charge is -2.16. The highest BCUT2D eigenvalue weighted by Gasteiger charge is 2.45.